The van der Waals surface area contributed by atoms with Crippen LogP contribution in [-0.2, 0) is 24.3 Å². The van der Waals surface area contributed by atoms with Gasteiger partial charge in [-0.3, -0.25) is 13.9 Å². The zero-order valence-corrected chi connectivity index (χ0v) is 21.5. The summed E-state index contributed by atoms with van der Waals surface area (Å²) in [7, 11) is -3.69. The number of hydrogen-bond donors (Lipinski definition) is 2. The number of amides is 2. The molecular formula is C25H32N4O6S. The fourth-order valence-electron chi connectivity index (χ4n) is 3.79. The van der Waals surface area contributed by atoms with Gasteiger partial charge in [0, 0.05) is 13.2 Å². The fraction of sp³-hybridized carbons (Fsp3) is 0.400. The summed E-state index contributed by atoms with van der Waals surface area (Å²) in [4.78, 5) is 24.3. The molecule has 36 heavy (non-hydrogen) atoms. The van der Waals surface area contributed by atoms with E-state index in [0.29, 0.717) is 23.5 Å². The van der Waals surface area contributed by atoms with Crippen molar-refractivity contribution >= 4 is 33.7 Å². The van der Waals surface area contributed by atoms with Crippen LogP contribution in [0.3, 0.4) is 0 Å². The first kappa shape index (κ1) is 27.2. The van der Waals surface area contributed by atoms with Crippen LogP contribution in [0.2, 0.25) is 0 Å². The van der Waals surface area contributed by atoms with E-state index in [1.54, 1.807) is 50.2 Å². The molecule has 1 aliphatic rings. The molecule has 2 aromatic carbocycles. The number of ether oxygens (including phenoxy) is 2. The van der Waals surface area contributed by atoms with E-state index in [1.165, 1.54) is 6.21 Å². The third-order valence-corrected chi connectivity index (χ3v) is 6.69. The highest BCUT2D eigenvalue weighted by Crippen LogP contribution is 2.26. The molecule has 194 valence electrons. The van der Waals surface area contributed by atoms with Gasteiger partial charge in [-0.25, -0.2) is 13.8 Å². The molecule has 1 aliphatic heterocycles. The highest BCUT2D eigenvalue weighted by atomic mass is 32.2. The van der Waals surface area contributed by atoms with Crippen molar-refractivity contribution in [3.8, 4) is 5.75 Å². The van der Waals surface area contributed by atoms with Crippen molar-refractivity contribution in [2.45, 2.75) is 32.8 Å². The molecule has 3 rings (SSSR count). The summed E-state index contributed by atoms with van der Waals surface area (Å²) in [5.41, 5.74) is 5.03. The van der Waals surface area contributed by atoms with E-state index in [4.69, 9.17) is 9.47 Å². The molecule has 1 fully saturated rings. The van der Waals surface area contributed by atoms with E-state index in [0.717, 1.165) is 41.1 Å². The lowest BCUT2D eigenvalue weighted by Crippen LogP contribution is -2.39. The quantitative estimate of drug-likeness (QED) is 0.347. The van der Waals surface area contributed by atoms with Gasteiger partial charge in [-0.05, 0) is 67.6 Å². The summed E-state index contributed by atoms with van der Waals surface area (Å²) >= 11 is 0. The molecule has 0 aromatic heterocycles. The number of hydrogen-bond acceptors (Lipinski definition) is 7. The predicted molar refractivity (Wildman–Crippen MR) is 138 cm³/mol. The smallest absolute Gasteiger partial charge is 0.260 e. The van der Waals surface area contributed by atoms with Crippen LogP contribution in [-0.4, -0.2) is 65.1 Å². The minimum absolute atomic E-state index is 0.0778. The Hall–Kier alpha value is -3.44. The van der Waals surface area contributed by atoms with E-state index >= 15 is 0 Å². The van der Waals surface area contributed by atoms with Crippen molar-refractivity contribution in [1.82, 2.24) is 10.7 Å². The number of para-hydroxylation sites is 1. The number of sulfonamides is 1. The maximum atomic E-state index is 12.4. The lowest BCUT2D eigenvalue weighted by atomic mass is 10.1. The van der Waals surface area contributed by atoms with Crippen LogP contribution in [0.15, 0.2) is 47.6 Å². The molecule has 2 N–H and O–H groups in total. The molecule has 2 amide bonds. The largest absolute Gasteiger partial charge is 0.484 e. The molecule has 1 unspecified atom stereocenters. The summed E-state index contributed by atoms with van der Waals surface area (Å²) in [6, 6.07) is 12.2. The summed E-state index contributed by atoms with van der Waals surface area (Å²) < 4.78 is 36.7. The Morgan fingerprint density at radius 2 is 1.83 bits per heavy atom. The maximum absolute atomic E-state index is 12.4. The van der Waals surface area contributed by atoms with Gasteiger partial charge in [0.1, 0.15) is 12.3 Å². The first-order chi connectivity index (χ1) is 17.1. The van der Waals surface area contributed by atoms with E-state index in [-0.39, 0.29) is 18.6 Å². The van der Waals surface area contributed by atoms with Crippen LogP contribution in [0, 0.1) is 13.8 Å². The van der Waals surface area contributed by atoms with E-state index in [1.807, 2.05) is 6.07 Å². The highest BCUT2D eigenvalue weighted by molar-refractivity contribution is 7.92. The monoisotopic (exact) mass is 516 g/mol. The number of aryl methyl sites for hydroxylation is 2. The summed E-state index contributed by atoms with van der Waals surface area (Å²) in [5.74, 6) is -0.281. The first-order valence-electron chi connectivity index (χ1n) is 11.6. The van der Waals surface area contributed by atoms with Gasteiger partial charge in [-0.2, -0.15) is 5.10 Å². The van der Waals surface area contributed by atoms with Crippen molar-refractivity contribution in [2.75, 3.05) is 36.9 Å². The molecule has 0 radical (unpaired) electrons. The van der Waals surface area contributed by atoms with Gasteiger partial charge >= 0.3 is 0 Å². The molecule has 1 atom stereocenters. The Labute approximate surface area is 211 Å². The lowest BCUT2D eigenvalue weighted by Gasteiger charge is -2.25. The second-order valence-electron chi connectivity index (χ2n) is 8.60. The number of nitrogens with one attached hydrogen (secondary N) is 2. The molecule has 1 saturated heterocycles. The zero-order chi connectivity index (χ0) is 26.1. The van der Waals surface area contributed by atoms with Crippen LogP contribution in [0.4, 0.5) is 5.69 Å². The minimum Gasteiger partial charge on any atom is -0.484 e. The Balaban J connectivity index is 1.48. The Morgan fingerprint density at radius 1 is 1.14 bits per heavy atom. The number of carbonyl (C=O) groups excluding carboxylic acids is 2. The van der Waals surface area contributed by atoms with Gasteiger partial charge < -0.3 is 14.8 Å². The topological polar surface area (TPSA) is 126 Å². The van der Waals surface area contributed by atoms with Gasteiger partial charge in [-0.15, -0.1) is 0 Å². The Kier molecular flexibility index (Phi) is 9.43. The van der Waals surface area contributed by atoms with Crippen molar-refractivity contribution in [3.63, 3.8) is 0 Å². The molecule has 11 heteroatoms. The van der Waals surface area contributed by atoms with Crippen LogP contribution < -0.4 is 19.8 Å². The molecule has 0 aliphatic carbocycles. The maximum Gasteiger partial charge on any atom is 0.260 e. The molecule has 0 spiro atoms. The lowest BCUT2D eigenvalue weighted by molar-refractivity contribution is -0.123. The molecule has 0 bridgehead atoms. The number of hydrazone groups is 1. The van der Waals surface area contributed by atoms with Crippen molar-refractivity contribution in [3.05, 3.63) is 59.2 Å². The summed E-state index contributed by atoms with van der Waals surface area (Å²) in [6.07, 6.45) is 4.54. The zero-order valence-electron chi connectivity index (χ0n) is 20.7. The Morgan fingerprint density at radius 3 is 2.44 bits per heavy atom. The number of carbonyl (C=O) groups is 2. The van der Waals surface area contributed by atoms with Crippen LogP contribution in [0.5, 0.6) is 5.75 Å². The van der Waals surface area contributed by atoms with Gasteiger partial charge in [0.05, 0.1) is 24.3 Å². The third-order valence-electron chi connectivity index (χ3n) is 5.58. The minimum atomic E-state index is -3.69. The normalized spacial score (nSPS) is 15.6. The third kappa shape index (κ3) is 8.06. The number of nitrogens with zero attached hydrogens (tertiary/aromatic N) is 2. The van der Waals surface area contributed by atoms with Crippen LogP contribution in [0.25, 0.3) is 0 Å². The number of benzene rings is 2. The second-order valence-corrected chi connectivity index (χ2v) is 10.5. The van der Waals surface area contributed by atoms with Crippen LogP contribution in [0.1, 0.15) is 29.5 Å². The average Bonchev–Trinajstić information content (AvgIpc) is 3.34. The standard InChI is InChI=1S/C25H32N4O6S/c1-18-6-4-7-19(2)25(18)29(36(3,32)33)16-23(30)28-27-14-20-9-11-21(12-10-20)35-17-24(31)26-15-22-8-5-13-34-22/h4,6-7,9-12,14,22H,5,8,13,15-17H2,1-3H3,(H,26,31)(H,28,30)/b27-14+. The molecule has 0 saturated carbocycles. The second kappa shape index (κ2) is 12.5. The average molecular weight is 517 g/mol. The van der Waals surface area contributed by atoms with Crippen molar-refractivity contribution in [2.24, 2.45) is 5.10 Å². The van der Waals surface area contributed by atoms with Gasteiger partial charge in [0.15, 0.2) is 6.61 Å². The fourth-order valence-corrected chi connectivity index (χ4v) is 4.76. The first-order valence-corrected chi connectivity index (χ1v) is 13.5. The molecule has 1 heterocycles. The van der Waals surface area contributed by atoms with Gasteiger partial charge in [0.2, 0.25) is 10.0 Å². The van der Waals surface area contributed by atoms with Crippen molar-refractivity contribution < 1.29 is 27.5 Å². The van der Waals surface area contributed by atoms with Gasteiger partial charge in [-0.1, -0.05) is 18.2 Å². The SMILES string of the molecule is Cc1cccc(C)c1N(CC(=O)N/N=C/c1ccc(OCC(=O)NCC2CCCO2)cc1)S(C)(=O)=O. The van der Waals surface area contributed by atoms with E-state index in [2.05, 4.69) is 15.8 Å². The molecule has 10 nitrogen and oxygen atoms in total. The Bertz CT molecular complexity index is 1170. The number of anilines is 1. The van der Waals surface area contributed by atoms with E-state index in [9.17, 15) is 18.0 Å². The van der Waals surface area contributed by atoms with Crippen molar-refractivity contribution in [1.29, 1.82) is 0 Å². The molecular weight excluding hydrogens is 484 g/mol. The summed E-state index contributed by atoms with van der Waals surface area (Å²) in [5, 5.41) is 6.71. The van der Waals surface area contributed by atoms with E-state index < -0.39 is 22.5 Å². The highest BCUT2D eigenvalue weighted by Gasteiger charge is 2.23. The number of rotatable bonds is 11. The molecule has 2 aromatic rings. The summed E-state index contributed by atoms with van der Waals surface area (Å²) in [6.45, 7) is 4.30. The van der Waals surface area contributed by atoms with Gasteiger partial charge in [0.25, 0.3) is 11.8 Å². The predicted octanol–water partition coefficient (Wildman–Crippen LogP) is 1.89. The van der Waals surface area contributed by atoms with Crippen LogP contribution >= 0.6 is 0 Å².